The number of benzene rings is 1. The number of hydrogen-bond donors (Lipinski definition) is 0. The van der Waals surface area contributed by atoms with Crippen LogP contribution in [0.3, 0.4) is 0 Å². The van der Waals surface area contributed by atoms with Crippen LogP contribution in [0.4, 0.5) is 0 Å². The number of rotatable bonds is 10. The van der Waals surface area contributed by atoms with Crippen molar-refractivity contribution in [2.75, 3.05) is 23.9 Å². The molecule has 1 aliphatic rings. The van der Waals surface area contributed by atoms with E-state index >= 15 is 0 Å². The molecule has 0 aliphatic carbocycles. The molecule has 0 saturated heterocycles. The van der Waals surface area contributed by atoms with Gasteiger partial charge in [-0.05, 0) is 73.6 Å². The lowest BCUT2D eigenvalue weighted by atomic mass is 10.0. The molecule has 1 aliphatic heterocycles. The van der Waals surface area contributed by atoms with E-state index < -0.39 is 10.0 Å². The molecule has 0 fully saturated rings. The van der Waals surface area contributed by atoms with E-state index in [2.05, 4.69) is 54.7 Å². The normalized spacial score (nSPS) is 15.5. The Kier molecular flexibility index (Phi) is 9.83. The third kappa shape index (κ3) is 6.76. The average molecular weight is 483 g/mol. The number of nitrogens with zero attached hydrogens (tertiary/aromatic N) is 2. The Morgan fingerprint density at radius 2 is 1.76 bits per heavy atom. The summed E-state index contributed by atoms with van der Waals surface area (Å²) in [4.78, 5) is 20.2. The molecule has 1 unspecified atom stereocenters. The number of aromatic nitrogens is 2. The van der Waals surface area contributed by atoms with Gasteiger partial charge in [-0.15, -0.1) is 0 Å². The van der Waals surface area contributed by atoms with Gasteiger partial charge >= 0.3 is 5.97 Å². The molecule has 0 saturated carbocycles. The minimum atomic E-state index is -0.713. The first-order valence-electron chi connectivity index (χ1n) is 12.6. The highest BCUT2D eigenvalue weighted by Crippen LogP contribution is 2.55. The number of ether oxygens (including phenoxy) is 2. The number of carbonyl (C=O) groups is 1. The van der Waals surface area contributed by atoms with Crippen LogP contribution >= 0.6 is 10.0 Å². The van der Waals surface area contributed by atoms with E-state index in [1.54, 1.807) is 12.4 Å². The van der Waals surface area contributed by atoms with Gasteiger partial charge in [0.05, 0.1) is 12.2 Å². The predicted molar refractivity (Wildman–Crippen MR) is 141 cm³/mol. The lowest BCUT2D eigenvalue weighted by Crippen LogP contribution is -2.32. The second-order valence-corrected chi connectivity index (χ2v) is 13.0. The number of esters is 1. The number of carbonyl (C=O) groups excluding carboxylic acids is 1. The highest BCUT2D eigenvalue weighted by molar-refractivity contribution is 8.34. The average Bonchev–Trinajstić information content (AvgIpc) is 2.87. The largest absolute Gasteiger partial charge is 0.481 e. The zero-order valence-electron chi connectivity index (χ0n) is 21.1. The quantitative estimate of drug-likeness (QED) is 0.248. The standard InChI is InChI=1S/C28H38N2O3S/c1-5-32-27(31)12-10-9-11-26-29-20-23(21-30-26)14-13-22-15-17-25-24(19-22)16-18-28(33-25)34(6-2,7-3)8-4/h15,17,19-21,28H,5-12,16,18H2,1-4H3. The molecule has 0 radical (unpaired) electrons. The van der Waals surface area contributed by atoms with Crippen LogP contribution < -0.4 is 4.74 Å². The zero-order valence-corrected chi connectivity index (χ0v) is 21.9. The van der Waals surface area contributed by atoms with Gasteiger partial charge in [0, 0.05) is 30.8 Å². The minimum Gasteiger partial charge on any atom is -0.481 e. The molecule has 1 aromatic carbocycles. The Balaban J connectivity index is 1.56. The molecule has 6 heteroatoms. The van der Waals surface area contributed by atoms with Gasteiger partial charge in [0.2, 0.25) is 0 Å². The molecular formula is C28H38N2O3S. The topological polar surface area (TPSA) is 61.3 Å². The molecule has 0 spiro atoms. The summed E-state index contributed by atoms with van der Waals surface area (Å²) in [5.41, 5.74) is 3.42. The number of fused-ring (bicyclic) bond motifs is 1. The maximum absolute atomic E-state index is 11.4. The summed E-state index contributed by atoms with van der Waals surface area (Å²) in [6, 6.07) is 6.30. The number of aryl methyl sites for hydroxylation is 2. The van der Waals surface area contributed by atoms with Gasteiger partial charge in [-0.2, -0.15) is 0 Å². The Labute approximate surface area is 206 Å². The van der Waals surface area contributed by atoms with Crippen molar-refractivity contribution in [3.63, 3.8) is 0 Å². The predicted octanol–water partition coefficient (Wildman–Crippen LogP) is 5.67. The van der Waals surface area contributed by atoms with E-state index in [1.807, 2.05) is 13.0 Å². The van der Waals surface area contributed by atoms with Crippen molar-refractivity contribution in [3.8, 4) is 17.6 Å². The fourth-order valence-electron chi connectivity index (χ4n) is 4.44. The summed E-state index contributed by atoms with van der Waals surface area (Å²) < 4.78 is 11.5. The molecule has 0 N–H and O–H groups in total. The van der Waals surface area contributed by atoms with Gasteiger partial charge in [-0.3, -0.25) is 4.79 Å². The maximum atomic E-state index is 11.4. The van der Waals surface area contributed by atoms with Gasteiger partial charge in [0.15, 0.2) is 0 Å². The van der Waals surface area contributed by atoms with Crippen LogP contribution in [-0.4, -0.2) is 45.2 Å². The van der Waals surface area contributed by atoms with Crippen LogP contribution in [0.2, 0.25) is 0 Å². The SMILES string of the molecule is CCOC(=O)CCCCc1ncc(C#Cc2ccc3c(c2)CCC(S(CC)(CC)CC)O3)cn1. The van der Waals surface area contributed by atoms with E-state index in [0.29, 0.717) is 18.5 Å². The van der Waals surface area contributed by atoms with Gasteiger partial charge in [0.25, 0.3) is 0 Å². The molecule has 3 rings (SSSR count). The van der Waals surface area contributed by atoms with Crippen molar-refractivity contribution in [3.05, 3.63) is 53.1 Å². The van der Waals surface area contributed by atoms with Gasteiger partial charge in [-0.1, -0.05) is 32.6 Å². The summed E-state index contributed by atoms with van der Waals surface area (Å²) >= 11 is 0. The summed E-state index contributed by atoms with van der Waals surface area (Å²) in [6.07, 6.45) is 8.54. The monoisotopic (exact) mass is 482 g/mol. The van der Waals surface area contributed by atoms with Gasteiger partial charge in [0.1, 0.15) is 17.0 Å². The highest BCUT2D eigenvalue weighted by atomic mass is 32.3. The molecule has 1 aromatic heterocycles. The third-order valence-electron chi connectivity index (χ3n) is 6.64. The molecule has 1 atom stereocenters. The first-order chi connectivity index (χ1) is 16.5. The van der Waals surface area contributed by atoms with Crippen LogP contribution in [0, 0.1) is 11.8 Å². The van der Waals surface area contributed by atoms with E-state index in [4.69, 9.17) is 9.47 Å². The first kappa shape index (κ1) is 26.1. The summed E-state index contributed by atoms with van der Waals surface area (Å²) in [6.45, 7) is 9.22. The molecular weight excluding hydrogens is 444 g/mol. The molecule has 34 heavy (non-hydrogen) atoms. The van der Waals surface area contributed by atoms with Crippen molar-refractivity contribution >= 4 is 16.0 Å². The van der Waals surface area contributed by atoms with Crippen molar-refractivity contribution in [2.24, 2.45) is 0 Å². The maximum Gasteiger partial charge on any atom is 0.305 e. The summed E-state index contributed by atoms with van der Waals surface area (Å²) in [5, 5.41) is 0. The number of unbranched alkanes of at least 4 members (excludes halogenated alkanes) is 1. The van der Waals surface area contributed by atoms with Crippen molar-refractivity contribution in [2.45, 2.75) is 71.7 Å². The summed E-state index contributed by atoms with van der Waals surface area (Å²) in [5.74, 6) is 11.8. The lowest BCUT2D eigenvalue weighted by molar-refractivity contribution is -0.143. The fraction of sp³-hybridized carbons (Fsp3) is 0.536. The van der Waals surface area contributed by atoms with Crippen LogP contribution in [-0.2, 0) is 22.4 Å². The van der Waals surface area contributed by atoms with Gasteiger partial charge < -0.3 is 9.47 Å². The van der Waals surface area contributed by atoms with Crippen LogP contribution in [0.1, 0.15) is 75.9 Å². The van der Waals surface area contributed by atoms with Crippen molar-refractivity contribution in [1.29, 1.82) is 0 Å². The van der Waals surface area contributed by atoms with Crippen LogP contribution in [0.25, 0.3) is 0 Å². The Hall–Kier alpha value is -2.52. The second kappa shape index (κ2) is 12.8. The lowest BCUT2D eigenvalue weighted by Gasteiger charge is -2.46. The molecule has 5 nitrogen and oxygen atoms in total. The highest BCUT2D eigenvalue weighted by Gasteiger charge is 2.33. The minimum absolute atomic E-state index is 0.139. The Morgan fingerprint density at radius 1 is 1.06 bits per heavy atom. The first-order valence-corrected chi connectivity index (χ1v) is 14.8. The fourth-order valence-corrected chi connectivity index (χ4v) is 7.71. The second-order valence-electron chi connectivity index (χ2n) is 8.54. The van der Waals surface area contributed by atoms with E-state index in [0.717, 1.165) is 54.8 Å². The Bertz CT molecular complexity index is 998. The molecule has 0 bridgehead atoms. The van der Waals surface area contributed by atoms with Crippen molar-refractivity contribution < 1.29 is 14.3 Å². The van der Waals surface area contributed by atoms with Crippen LogP contribution in [0.15, 0.2) is 30.6 Å². The van der Waals surface area contributed by atoms with Gasteiger partial charge in [-0.25, -0.2) is 20.0 Å². The van der Waals surface area contributed by atoms with E-state index in [1.165, 1.54) is 22.8 Å². The molecule has 0 amide bonds. The number of hydrogen-bond acceptors (Lipinski definition) is 5. The van der Waals surface area contributed by atoms with E-state index in [9.17, 15) is 4.79 Å². The van der Waals surface area contributed by atoms with Crippen molar-refractivity contribution in [1.82, 2.24) is 9.97 Å². The zero-order chi connectivity index (χ0) is 24.4. The third-order valence-corrected chi connectivity index (χ3v) is 11.5. The molecule has 2 heterocycles. The van der Waals surface area contributed by atoms with E-state index in [-0.39, 0.29) is 5.97 Å². The Morgan fingerprint density at radius 3 is 2.44 bits per heavy atom. The summed E-state index contributed by atoms with van der Waals surface area (Å²) in [7, 11) is -0.713. The molecule has 2 aromatic rings. The van der Waals surface area contributed by atoms with Crippen LogP contribution in [0.5, 0.6) is 5.75 Å². The smallest absolute Gasteiger partial charge is 0.305 e. The molecule has 184 valence electrons.